The number of anilines is 1. The van der Waals surface area contributed by atoms with E-state index < -0.39 is 5.97 Å². The van der Waals surface area contributed by atoms with Crippen molar-refractivity contribution in [3.05, 3.63) is 32.5 Å². The monoisotopic (exact) mass is 380 g/mol. The number of carboxylic acid groups (broad SMARTS) is 1. The number of carboxylic acids is 1. The van der Waals surface area contributed by atoms with Crippen LogP contribution in [0.3, 0.4) is 0 Å². The number of rotatable bonds is 2. The lowest BCUT2D eigenvalue weighted by Crippen LogP contribution is -2.00. The highest BCUT2D eigenvalue weighted by Crippen LogP contribution is 2.34. The van der Waals surface area contributed by atoms with Crippen molar-refractivity contribution in [2.45, 2.75) is 0 Å². The average Bonchev–Trinajstić information content (AvgIpc) is 2.64. The van der Waals surface area contributed by atoms with Gasteiger partial charge in [-0.05, 0) is 40.8 Å². The van der Waals surface area contributed by atoms with E-state index in [1.54, 1.807) is 12.1 Å². The molecule has 0 atom stereocenters. The number of hydrogen-bond acceptors (Lipinski definition) is 4. The molecule has 0 aliphatic carbocycles. The average molecular weight is 381 g/mol. The summed E-state index contributed by atoms with van der Waals surface area (Å²) < 4.78 is 0.942. The number of carbonyl (C=O) groups is 1. The number of benzene rings is 1. The highest BCUT2D eigenvalue weighted by Gasteiger charge is 2.17. The Hall–Kier alpha value is -0.860. The van der Waals surface area contributed by atoms with Gasteiger partial charge in [-0.25, -0.2) is 9.78 Å². The van der Waals surface area contributed by atoms with Crippen molar-refractivity contribution in [1.29, 1.82) is 0 Å². The molecule has 0 spiro atoms. The van der Waals surface area contributed by atoms with Crippen molar-refractivity contribution in [1.82, 2.24) is 4.98 Å². The Balaban J connectivity index is 2.57. The molecule has 1 heterocycles. The summed E-state index contributed by atoms with van der Waals surface area (Å²) in [5.41, 5.74) is 6.29. The first-order chi connectivity index (χ1) is 7.99. The van der Waals surface area contributed by atoms with E-state index in [1.807, 2.05) is 6.07 Å². The third kappa shape index (κ3) is 2.53. The van der Waals surface area contributed by atoms with Crippen LogP contribution in [-0.4, -0.2) is 16.1 Å². The van der Waals surface area contributed by atoms with Gasteiger partial charge in [0.2, 0.25) is 0 Å². The number of nitrogens with two attached hydrogens (primary N) is 1. The summed E-state index contributed by atoms with van der Waals surface area (Å²) in [4.78, 5) is 14.9. The lowest BCUT2D eigenvalue weighted by molar-refractivity contribution is 0.0692. The van der Waals surface area contributed by atoms with Crippen molar-refractivity contribution < 1.29 is 9.90 Å². The van der Waals surface area contributed by atoms with E-state index >= 15 is 0 Å². The van der Waals surface area contributed by atoms with Crippen LogP contribution >= 0.6 is 45.5 Å². The molecule has 2 aromatic rings. The summed E-state index contributed by atoms with van der Waals surface area (Å²) in [6.45, 7) is 0. The molecule has 0 aliphatic rings. The zero-order valence-corrected chi connectivity index (χ0v) is 12.0. The topological polar surface area (TPSA) is 76.2 Å². The summed E-state index contributed by atoms with van der Waals surface area (Å²) in [6.07, 6.45) is 0. The van der Waals surface area contributed by atoms with Gasteiger partial charge in [0.15, 0.2) is 5.69 Å². The molecule has 4 nitrogen and oxygen atoms in total. The third-order valence-electron chi connectivity index (χ3n) is 2.01. The third-order valence-corrected chi connectivity index (χ3v) is 4.11. The fourth-order valence-electron chi connectivity index (χ4n) is 1.26. The van der Waals surface area contributed by atoms with E-state index in [1.165, 1.54) is 0 Å². The highest BCUT2D eigenvalue weighted by molar-refractivity contribution is 14.1. The summed E-state index contributed by atoms with van der Waals surface area (Å²) in [7, 11) is 0. The van der Waals surface area contributed by atoms with Crippen molar-refractivity contribution in [3.8, 4) is 10.6 Å². The van der Waals surface area contributed by atoms with Crippen molar-refractivity contribution in [3.63, 3.8) is 0 Å². The molecule has 0 unspecified atom stereocenters. The molecule has 0 fully saturated rings. The highest BCUT2D eigenvalue weighted by atomic mass is 127. The van der Waals surface area contributed by atoms with Gasteiger partial charge >= 0.3 is 5.97 Å². The summed E-state index contributed by atoms with van der Waals surface area (Å²) in [5.74, 6) is -1.12. The maximum Gasteiger partial charge on any atom is 0.357 e. The number of aromatic nitrogens is 1. The Morgan fingerprint density at radius 1 is 1.53 bits per heavy atom. The Kier molecular flexibility index (Phi) is 3.55. The number of nitrogens with zero attached hydrogens (tertiary/aromatic N) is 1. The quantitative estimate of drug-likeness (QED) is 0.784. The summed E-state index contributed by atoms with van der Waals surface area (Å²) in [5, 5.41) is 10.2. The zero-order chi connectivity index (χ0) is 12.6. The van der Waals surface area contributed by atoms with Crippen LogP contribution in [0.1, 0.15) is 10.5 Å². The molecule has 1 aromatic heterocycles. The Morgan fingerprint density at radius 2 is 2.24 bits per heavy atom. The molecule has 88 valence electrons. The van der Waals surface area contributed by atoms with Crippen LogP contribution in [0.2, 0.25) is 5.02 Å². The predicted molar refractivity (Wildman–Crippen MR) is 76.6 cm³/mol. The van der Waals surface area contributed by atoms with Gasteiger partial charge in [-0.2, -0.15) is 0 Å². The smallest absolute Gasteiger partial charge is 0.357 e. The van der Waals surface area contributed by atoms with Gasteiger partial charge < -0.3 is 10.8 Å². The van der Waals surface area contributed by atoms with Crippen LogP contribution in [0.5, 0.6) is 0 Å². The Bertz CT molecular complexity index is 600. The van der Waals surface area contributed by atoms with Crippen molar-refractivity contribution in [2.75, 3.05) is 5.73 Å². The molecule has 0 amide bonds. The van der Waals surface area contributed by atoms with Crippen LogP contribution in [0.25, 0.3) is 10.6 Å². The molecule has 7 heteroatoms. The molecular formula is C10H6ClIN2O2S. The first-order valence-corrected chi connectivity index (χ1v) is 6.71. The maximum absolute atomic E-state index is 10.9. The Labute approximate surface area is 120 Å². The fraction of sp³-hybridized carbons (Fsp3) is 0. The second kappa shape index (κ2) is 4.79. The van der Waals surface area contributed by atoms with Gasteiger partial charge in [0.1, 0.15) is 10.0 Å². The van der Waals surface area contributed by atoms with Gasteiger partial charge in [-0.1, -0.05) is 22.9 Å². The molecule has 0 radical (unpaired) electrons. The first kappa shape index (κ1) is 12.6. The lowest BCUT2D eigenvalue weighted by atomic mass is 10.2. The molecule has 0 saturated heterocycles. The van der Waals surface area contributed by atoms with E-state index in [9.17, 15) is 4.79 Å². The number of thiazole rings is 1. The summed E-state index contributed by atoms with van der Waals surface area (Å²) in [6, 6.07) is 5.35. The van der Waals surface area contributed by atoms with Gasteiger partial charge in [0.25, 0.3) is 0 Å². The minimum Gasteiger partial charge on any atom is -0.476 e. The molecule has 0 saturated carbocycles. The fourth-order valence-corrected chi connectivity index (χ4v) is 3.06. The van der Waals surface area contributed by atoms with Crippen LogP contribution in [0.4, 0.5) is 5.00 Å². The van der Waals surface area contributed by atoms with Crippen LogP contribution < -0.4 is 5.73 Å². The second-order valence-corrected chi connectivity index (χ2v) is 5.79. The minimum atomic E-state index is -1.12. The molecule has 3 N–H and O–H groups in total. The lowest BCUT2D eigenvalue weighted by Gasteiger charge is -2.00. The number of nitrogen functional groups attached to an aromatic ring is 1. The van der Waals surface area contributed by atoms with Crippen molar-refractivity contribution in [2.24, 2.45) is 0 Å². The predicted octanol–water partition coefficient (Wildman–Crippen LogP) is 3.35. The SMILES string of the molecule is Nc1sc(-c2cc(Cl)ccc2I)nc1C(=O)O. The molecule has 17 heavy (non-hydrogen) atoms. The molecular weight excluding hydrogens is 375 g/mol. The van der Waals surface area contributed by atoms with Gasteiger partial charge in [0.05, 0.1) is 0 Å². The van der Waals surface area contributed by atoms with E-state index in [0.717, 1.165) is 20.5 Å². The zero-order valence-electron chi connectivity index (χ0n) is 8.28. The minimum absolute atomic E-state index is 0.110. The number of hydrogen-bond donors (Lipinski definition) is 2. The van der Waals surface area contributed by atoms with E-state index in [2.05, 4.69) is 27.6 Å². The van der Waals surface area contributed by atoms with E-state index in [0.29, 0.717) is 10.0 Å². The van der Waals surface area contributed by atoms with Gasteiger partial charge in [-0.3, -0.25) is 0 Å². The van der Waals surface area contributed by atoms with Crippen LogP contribution in [0, 0.1) is 3.57 Å². The number of aromatic carboxylic acids is 1. The van der Waals surface area contributed by atoms with Gasteiger partial charge in [0, 0.05) is 14.2 Å². The second-order valence-electron chi connectivity index (χ2n) is 3.16. The van der Waals surface area contributed by atoms with E-state index in [-0.39, 0.29) is 10.7 Å². The molecule has 1 aromatic carbocycles. The number of halogens is 2. The van der Waals surface area contributed by atoms with Crippen molar-refractivity contribution >= 4 is 56.5 Å². The van der Waals surface area contributed by atoms with Crippen LogP contribution in [-0.2, 0) is 0 Å². The normalized spacial score (nSPS) is 10.5. The summed E-state index contributed by atoms with van der Waals surface area (Å²) >= 11 is 9.18. The molecule has 2 rings (SSSR count). The first-order valence-electron chi connectivity index (χ1n) is 4.44. The standard InChI is InChI=1S/C10H6ClIN2O2S/c11-4-1-2-6(12)5(3-4)9-14-7(10(15)16)8(13)17-9/h1-3H,13H2,(H,15,16). The maximum atomic E-state index is 10.9. The van der Waals surface area contributed by atoms with E-state index in [4.69, 9.17) is 22.4 Å². The Morgan fingerprint density at radius 3 is 2.82 bits per heavy atom. The largest absolute Gasteiger partial charge is 0.476 e. The van der Waals surface area contributed by atoms with Crippen LogP contribution in [0.15, 0.2) is 18.2 Å². The molecule has 0 aliphatic heterocycles. The molecule has 0 bridgehead atoms. The van der Waals surface area contributed by atoms with Gasteiger partial charge in [-0.15, -0.1) is 0 Å².